The van der Waals surface area contributed by atoms with Crippen LogP contribution in [0.15, 0.2) is 11.6 Å². The molecule has 2 aliphatic rings. The summed E-state index contributed by atoms with van der Waals surface area (Å²) < 4.78 is 11.4. The molecule has 7 heteroatoms. The predicted octanol–water partition coefficient (Wildman–Crippen LogP) is -0.701. The Balaban J connectivity index is 2.20. The Morgan fingerprint density at radius 2 is 1.87 bits per heavy atom. The van der Waals surface area contributed by atoms with Gasteiger partial charge >= 0.3 is 0 Å². The van der Waals surface area contributed by atoms with E-state index in [-0.39, 0.29) is 5.92 Å². The van der Waals surface area contributed by atoms with E-state index in [2.05, 4.69) is 0 Å². The number of aliphatic hydroxyl groups is 5. The maximum Gasteiger partial charge on any atom is 0.187 e. The van der Waals surface area contributed by atoms with Crippen LogP contribution in [0, 0.1) is 5.92 Å². The van der Waals surface area contributed by atoms with Crippen molar-refractivity contribution < 1.29 is 35.0 Å². The van der Waals surface area contributed by atoms with E-state index < -0.39 is 49.0 Å². The smallest absolute Gasteiger partial charge is 0.187 e. The van der Waals surface area contributed by atoms with E-state index in [0.29, 0.717) is 12.8 Å². The van der Waals surface area contributed by atoms with Crippen LogP contribution in [0.5, 0.6) is 0 Å². The molecular formula is C16H28O7. The van der Waals surface area contributed by atoms with Crippen LogP contribution in [0.3, 0.4) is 0 Å². The fourth-order valence-corrected chi connectivity index (χ4v) is 3.14. The Bertz CT molecular complexity index is 436. The molecule has 0 aromatic carbocycles. The van der Waals surface area contributed by atoms with Gasteiger partial charge in [0.15, 0.2) is 6.29 Å². The van der Waals surface area contributed by atoms with Gasteiger partial charge in [-0.05, 0) is 24.8 Å². The number of rotatable bonds is 4. The molecule has 0 aromatic heterocycles. The summed E-state index contributed by atoms with van der Waals surface area (Å²) >= 11 is 0. The number of hydrogen-bond acceptors (Lipinski definition) is 7. The zero-order chi connectivity index (χ0) is 17.4. The monoisotopic (exact) mass is 332 g/mol. The lowest BCUT2D eigenvalue weighted by Gasteiger charge is -2.47. The molecule has 0 spiro atoms. The summed E-state index contributed by atoms with van der Waals surface area (Å²) in [6.07, 6.45) is -4.36. The molecule has 1 aliphatic carbocycles. The van der Waals surface area contributed by atoms with Crippen LogP contribution in [-0.4, -0.2) is 74.6 Å². The molecule has 7 atom stereocenters. The zero-order valence-corrected chi connectivity index (χ0v) is 13.8. The summed E-state index contributed by atoms with van der Waals surface area (Å²) in [6.45, 7) is 5.25. The van der Waals surface area contributed by atoms with Crippen LogP contribution in [0.2, 0.25) is 0 Å². The van der Waals surface area contributed by atoms with Crippen LogP contribution in [0.25, 0.3) is 0 Å². The van der Waals surface area contributed by atoms with E-state index >= 15 is 0 Å². The van der Waals surface area contributed by atoms with Crippen molar-refractivity contribution in [1.82, 2.24) is 0 Å². The van der Waals surface area contributed by atoms with E-state index in [1.54, 1.807) is 0 Å². The second-order valence-electron chi connectivity index (χ2n) is 6.91. The first-order chi connectivity index (χ1) is 10.7. The predicted molar refractivity (Wildman–Crippen MR) is 81.4 cm³/mol. The Kier molecular flexibility index (Phi) is 5.84. The number of ether oxygens (including phenoxy) is 2. The van der Waals surface area contributed by atoms with Crippen molar-refractivity contribution in [3.8, 4) is 0 Å². The minimum atomic E-state index is -1.47. The number of hydrogen-bond donors (Lipinski definition) is 5. The minimum absolute atomic E-state index is 0.0221. The average Bonchev–Trinajstić information content (AvgIpc) is 2.51. The Morgan fingerprint density at radius 1 is 1.22 bits per heavy atom. The molecule has 7 nitrogen and oxygen atoms in total. The molecule has 1 heterocycles. The normalized spacial score (nSPS) is 45.2. The summed E-state index contributed by atoms with van der Waals surface area (Å²) in [5, 5.41) is 49.3. The highest BCUT2D eigenvalue weighted by Gasteiger charge is 2.49. The summed E-state index contributed by atoms with van der Waals surface area (Å²) in [5.41, 5.74) is 0.116. The van der Waals surface area contributed by atoms with Crippen molar-refractivity contribution >= 4 is 0 Å². The van der Waals surface area contributed by atoms with Crippen LogP contribution in [0.1, 0.15) is 33.6 Å². The van der Waals surface area contributed by atoms with Gasteiger partial charge in [0, 0.05) is 6.42 Å². The van der Waals surface area contributed by atoms with Gasteiger partial charge < -0.3 is 35.0 Å². The van der Waals surface area contributed by atoms with Gasteiger partial charge in [0.05, 0.1) is 18.3 Å². The SMILES string of the molecule is CC1=CC[C@](O[C@@H]2O[C@H](CO)[C@@H](O)[C@H](O)[C@H]2O)(C(C)C)C[C@@H]1O. The Morgan fingerprint density at radius 3 is 2.39 bits per heavy atom. The van der Waals surface area contributed by atoms with Gasteiger partial charge in [0.2, 0.25) is 0 Å². The van der Waals surface area contributed by atoms with Crippen molar-refractivity contribution in [1.29, 1.82) is 0 Å². The van der Waals surface area contributed by atoms with Crippen molar-refractivity contribution in [2.24, 2.45) is 5.92 Å². The molecule has 134 valence electrons. The van der Waals surface area contributed by atoms with E-state index in [1.807, 2.05) is 26.8 Å². The van der Waals surface area contributed by atoms with Gasteiger partial charge in [0.25, 0.3) is 0 Å². The topological polar surface area (TPSA) is 120 Å². The Hall–Kier alpha value is -0.540. The highest BCUT2D eigenvalue weighted by molar-refractivity contribution is 5.15. The molecule has 5 N–H and O–H groups in total. The lowest BCUT2D eigenvalue weighted by Crippen LogP contribution is -2.61. The maximum absolute atomic E-state index is 10.2. The second kappa shape index (κ2) is 7.14. The maximum atomic E-state index is 10.2. The molecule has 2 rings (SSSR count). The third-order valence-corrected chi connectivity index (χ3v) is 5.09. The van der Waals surface area contributed by atoms with Gasteiger partial charge in [-0.25, -0.2) is 0 Å². The van der Waals surface area contributed by atoms with Crippen LogP contribution < -0.4 is 0 Å². The van der Waals surface area contributed by atoms with Crippen molar-refractivity contribution in [3.63, 3.8) is 0 Å². The fraction of sp³-hybridized carbons (Fsp3) is 0.875. The first kappa shape index (κ1) is 18.8. The van der Waals surface area contributed by atoms with Gasteiger partial charge in [-0.1, -0.05) is 19.9 Å². The third-order valence-electron chi connectivity index (χ3n) is 5.09. The Labute approximate surface area is 136 Å². The van der Waals surface area contributed by atoms with Gasteiger partial charge in [0.1, 0.15) is 24.4 Å². The summed E-state index contributed by atoms with van der Waals surface area (Å²) in [7, 11) is 0. The zero-order valence-electron chi connectivity index (χ0n) is 13.8. The van der Waals surface area contributed by atoms with E-state index in [1.165, 1.54) is 0 Å². The fourth-order valence-electron chi connectivity index (χ4n) is 3.14. The highest BCUT2D eigenvalue weighted by Crippen LogP contribution is 2.39. The standard InChI is InChI=1S/C16H28O7/c1-8(2)16(5-4-9(3)10(18)6-16)23-15-14(21)13(20)12(19)11(7-17)22-15/h4,8,10-15,17-21H,5-7H2,1-3H3/t10-,11+,12+,13-,14+,15-,16+/m0/s1. The number of aliphatic hydroxyl groups excluding tert-OH is 5. The first-order valence-electron chi connectivity index (χ1n) is 8.05. The molecule has 0 bridgehead atoms. The van der Waals surface area contributed by atoms with Crippen LogP contribution >= 0.6 is 0 Å². The second-order valence-corrected chi connectivity index (χ2v) is 6.91. The lowest BCUT2D eigenvalue weighted by molar-refractivity contribution is -0.334. The average molecular weight is 332 g/mol. The summed E-state index contributed by atoms with van der Waals surface area (Å²) in [5.74, 6) is 0.0221. The van der Waals surface area contributed by atoms with Crippen molar-refractivity contribution in [2.75, 3.05) is 6.61 Å². The molecule has 0 radical (unpaired) electrons. The lowest BCUT2D eigenvalue weighted by atomic mass is 9.76. The van der Waals surface area contributed by atoms with E-state index in [0.717, 1.165) is 5.57 Å². The van der Waals surface area contributed by atoms with Gasteiger partial charge in [-0.2, -0.15) is 0 Å². The van der Waals surface area contributed by atoms with Crippen molar-refractivity contribution in [2.45, 2.75) is 76.0 Å². The van der Waals surface area contributed by atoms with Crippen LogP contribution in [0.4, 0.5) is 0 Å². The molecule has 0 amide bonds. The minimum Gasteiger partial charge on any atom is -0.394 e. The van der Waals surface area contributed by atoms with Gasteiger partial charge in [-0.3, -0.25) is 0 Å². The summed E-state index contributed by atoms with van der Waals surface area (Å²) in [6, 6.07) is 0. The molecule has 0 aromatic rings. The molecular weight excluding hydrogens is 304 g/mol. The quantitative estimate of drug-likeness (QED) is 0.432. The van der Waals surface area contributed by atoms with Crippen LogP contribution in [-0.2, 0) is 9.47 Å². The van der Waals surface area contributed by atoms with E-state index in [9.17, 15) is 25.5 Å². The molecule has 1 fully saturated rings. The molecule has 0 saturated carbocycles. The summed E-state index contributed by atoms with van der Waals surface area (Å²) in [4.78, 5) is 0. The third kappa shape index (κ3) is 3.61. The molecule has 23 heavy (non-hydrogen) atoms. The van der Waals surface area contributed by atoms with Gasteiger partial charge in [-0.15, -0.1) is 0 Å². The largest absolute Gasteiger partial charge is 0.394 e. The van der Waals surface area contributed by atoms with E-state index in [4.69, 9.17) is 9.47 Å². The van der Waals surface area contributed by atoms with Crippen molar-refractivity contribution in [3.05, 3.63) is 11.6 Å². The first-order valence-corrected chi connectivity index (χ1v) is 8.05. The molecule has 1 saturated heterocycles. The highest BCUT2D eigenvalue weighted by atomic mass is 16.7. The molecule has 1 aliphatic heterocycles. The molecule has 0 unspecified atom stereocenters.